The molecule has 9 aromatic carbocycles. The first kappa shape index (κ1) is 26.9. The van der Waals surface area contributed by atoms with Crippen molar-refractivity contribution in [2.45, 2.75) is 27.7 Å². The molecule has 0 aliphatic carbocycles. The summed E-state index contributed by atoms with van der Waals surface area (Å²) in [4.78, 5) is 0. The highest BCUT2D eigenvalue weighted by Crippen LogP contribution is 2.48. The van der Waals surface area contributed by atoms with Crippen LogP contribution in [0.2, 0.25) is 0 Å². The van der Waals surface area contributed by atoms with Crippen LogP contribution < -0.4 is 0 Å². The molecule has 0 amide bonds. The highest BCUT2D eigenvalue weighted by atomic mass is 14.2. The number of benzene rings is 9. The molecule has 0 aliphatic heterocycles. The molecule has 0 aromatic heterocycles. The van der Waals surface area contributed by atoms with Crippen molar-refractivity contribution in [3.05, 3.63) is 156 Å². The second kappa shape index (κ2) is 10.0. The first-order chi connectivity index (χ1) is 22.4. The van der Waals surface area contributed by atoms with Gasteiger partial charge < -0.3 is 0 Å². The summed E-state index contributed by atoms with van der Waals surface area (Å²) in [6.45, 7) is 8.90. The maximum Gasteiger partial charge on any atom is -0.00197 e. The van der Waals surface area contributed by atoms with Crippen LogP contribution in [0.4, 0.5) is 0 Å². The number of aryl methyl sites for hydroxylation is 4. The van der Waals surface area contributed by atoms with Crippen molar-refractivity contribution in [3.63, 3.8) is 0 Å². The first-order valence-corrected chi connectivity index (χ1v) is 16.3. The van der Waals surface area contributed by atoms with Gasteiger partial charge in [-0.15, -0.1) is 0 Å². The van der Waals surface area contributed by atoms with Crippen molar-refractivity contribution >= 4 is 64.6 Å². The van der Waals surface area contributed by atoms with Crippen molar-refractivity contribution in [3.8, 4) is 22.3 Å². The van der Waals surface area contributed by atoms with Crippen LogP contribution in [-0.2, 0) is 0 Å². The molecule has 0 aliphatic rings. The molecule has 0 unspecified atom stereocenters. The molecule has 0 N–H and O–H groups in total. The van der Waals surface area contributed by atoms with Crippen LogP contribution >= 0.6 is 0 Å². The molecular weight excluding hydrogens is 553 g/mol. The summed E-state index contributed by atoms with van der Waals surface area (Å²) in [5, 5.41) is 15.4. The number of hydrogen-bond acceptors (Lipinski definition) is 0. The van der Waals surface area contributed by atoms with Gasteiger partial charge >= 0.3 is 0 Å². The third kappa shape index (κ3) is 4.00. The van der Waals surface area contributed by atoms with Gasteiger partial charge in [-0.2, -0.15) is 0 Å². The maximum absolute atomic E-state index is 2.47. The minimum Gasteiger partial charge on any atom is -0.0616 e. The number of rotatable bonds is 2. The van der Waals surface area contributed by atoms with E-state index in [2.05, 4.69) is 161 Å². The molecule has 0 heteroatoms. The van der Waals surface area contributed by atoms with Crippen molar-refractivity contribution in [2.75, 3.05) is 0 Å². The quantitative estimate of drug-likeness (QED) is 0.177. The Morgan fingerprint density at radius 2 is 0.565 bits per heavy atom. The van der Waals surface area contributed by atoms with Crippen LogP contribution in [0.25, 0.3) is 86.9 Å². The lowest BCUT2D eigenvalue weighted by molar-refractivity contribution is 1.37. The predicted octanol–water partition coefficient (Wildman–Crippen LogP) is 13.2. The molecule has 46 heavy (non-hydrogen) atoms. The van der Waals surface area contributed by atoms with Crippen LogP contribution in [0.3, 0.4) is 0 Å². The average Bonchev–Trinajstić information content (AvgIpc) is 3.07. The summed E-state index contributed by atoms with van der Waals surface area (Å²) in [5.74, 6) is 0. The van der Waals surface area contributed by atoms with Gasteiger partial charge in [0.25, 0.3) is 0 Å². The van der Waals surface area contributed by atoms with Gasteiger partial charge in [-0.05, 0) is 161 Å². The van der Waals surface area contributed by atoms with Crippen LogP contribution in [0.5, 0.6) is 0 Å². The molecule has 0 nitrogen and oxygen atoms in total. The predicted molar refractivity (Wildman–Crippen MR) is 201 cm³/mol. The van der Waals surface area contributed by atoms with Gasteiger partial charge in [0.15, 0.2) is 0 Å². The molecule has 0 spiro atoms. The molecule has 218 valence electrons. The minimum absolute atomic E-state index is 1.26. The van der Waals surface area contributed by atoms with E-state index in [1.54, 1.807) is 0 Å². The Hall–Kier alpha value is -5.46. The zero-order chi connectivity index (χ0) is 31.1. The number of fused-ring (bicyclic) bond motifs is 6. The van der Waals surface area contributed by atoms with Crippen molar-refractivity contribution in [1.29, 1.82) is 0 Å². The van der Waals surface area contributed by atoms with Crippen LogP contribution in [0.15, 0.2) is 133 Å². The Labute approximate surface area is 269 Å². The fourth-order valence-electron chi connectivity index (χ4n) is 7.74. The van der Waals surface area contributed by atoms with Crippen molar-refractivity contribution < 1.29 is 0 Å². The molecule has 0 heterocycles. The topological polar surface area (TPSA) is 0 Å². The summed E-state index contributed by atoms with van der Waals surface area (Å²) in [7, 11) is 0. The number of hydrogen-bond donors (Lipinski definition) is 0. The van der Waals surface area contributed by atoms with Gasteiger partial charge in [-0.25, -0.2) is 0 Å². The normalized spacial score (nSPS) is 11.9. The zero-order valence-electron chi connectivity index (χ0n) is 26.7. The molecule has 0 radical (unpaired) electrons. The summed E-state index contributed by atoms with van der Waals surface area (Å²) >= 11 is 0. The molecule has 0 saturated heterocycles. The lowest BCUT2D eigenvalue weighted by atomic mass is 9.81. The molecule has 0 bridgehead atoms. The third-order valence-electron chi connectivity index (χ3n) is 10.4. The fraction of sp³-hybridized carbons (Fsp3) is 0.0870. The van der Waals surface area contributed by atoms with Crippen LogP contribution in [-0.4, -0.2) is 0 Å². The Morgan fingerprint density at radius 1 is 0.261 bits per heavy atom. The van der Waals surface area contributed by atoms with E-state index in [0.29, 0.717) is 0 Å². The molecule has 9 aromatic rings. The van der Waals surface area contributed by atoms with Gasteiger partial charge in [-0.3, -0.25) is 0 Å². The highest BCUT2D eigenvalue weighted by molar-refractivity contribution is 6.28. The molecule has 0 saturated carbocycles. The SMILES string of the molecule is Cc1cc2cc3c(-c4cccc5ccccc45)c4cc5cc(C)c(C)cc5cc4c(-c4cccc5ccccc45)c3cc2cc1C. The van der Waals surface area contributed by atoms with Gasteiger partial charge in [0.1, 0.15) is 0 Å². The van der Waals surface area contributed by atoms with Crippen LogP contribution in [0.1, 0.15) is 22.3 Å². The van der Waals surface area contributed by atoms with Crippen molar-refractivity contribution in [1.82, 2.24) is 0 Å². The van der Waals surface area contributed by atoms with Gasteiger partial charge in [0, 0.05) is 0 Å². The average molecular weight is 587 g/mol. The lowest BCUT2D eigenvalue weighted by Crippen LogP contribution is -1.94. The maximum atomic E-state index is 2.47. The highest BCUT2D eigenvalue weighted by Gasteiger charge is 2.21. The van der Waals surface area contributed by atoms with E-state index >= 15 is 0 Å². The van der Waals surface area contributed by atoms with Gasteiger partial charge in [-0.1, -0.05) is 109 Å². The first-order valence-electron chi connectivity index (χ1n) is 16.3. The molecule has 9 rings (SSSR count). The van der Waals surface area contributed by atoms with E-state index in [1.165, 1.54) is 109 Å². The summed E-state index contributed by atoms with van der Waals surface area (Å²) in [5.41, 5.74) is 10.5. The largest absolute Gasteiger partial charge is 0.0616 e. The fourth-order valence-corrected chi connectivity index (χ4v) is 7.74. The van der Waals surface area contributed by atoms with E-state index in [1.807, 2.05) is 0 Å². The molecule has 0 fully saturated rings. The zero-order valence-corrected chi connectivity index (χ0v) is 26.7. The van der Waals surface area contributed by atoms with Crippen molar-refractivity contribution in [2.24, 2.45) is 0 Å². The molecular formula is C46H34. The smallest absolute Gasteiger partial charge is 0.00197 e. The second-order valence-electron chi connectivity index (χ2n) is 13.2. The van der Waals surface area contributed by atoms with E-state index < -0.39 is 0 Å². The van der Waals surface area contributed by atoms with Crippen LogP contribution in [0, 0.1) is 27.7 Å². The third-order valence-corrected chi connectivity index (χ3v) is 10.4. The summed E-state index contributed by atoms with van der Waals surface area (Å²) in [6, 6.07) is 50.5. The Balaban J connectivity index is 1.59. The van der Waals surface area contributed by atoms with Gasteiger partial charge in [0.05, 0.1) is 0 Å². The Morgan fingerprint density at radius 3 is 0.913 bits per heavy atom. The van der Waals surface area contributed by atoms with Gasteiger partial charge in [0.2, 0.25) is 0 Å². The van der Waals surface area contributed by atoms with E-state index in [9.17, 15) is 0 Å². The van der Waals surface area contributed by atoms with E-state index in [-0.39, 0.29) is 0 Å². The standard InChI is InChI=1S/C46H34/c1-27-19-33-23-41-42(24-34(33)20-28(27)2)46(40-18-10-14-32-12-6-8-16-38(32)40)44-26-36-22-30(4)29(3)21-35(36)25-43(44)45(41)39-17-9-13-31-11-5-7-15-37(31)39/h5-26H,1-4H3. The summed E-state index contributed by atoms with van der Waals surface area (Å²) in [6.07, 6.45) is 0. The second-order valence-corrected chi connectivity index (χ2v) is 13.2. The monoisotopic (exact) mass is 586 g/mol. The van der Waals surface area contributed by atoms with E-state index in [4.69, 9.17) is 0 Å². The minimum atomic E-state index is 1.26. The molecule has 0 atom stereocenters. The Bertz CT molecular complexity index is 2420. The van der Waals surface area contributed by atoms with E-state index in [0.717, 1.165) is 0 Å². The Kier molecular flexibility index (Phi) is 5.86. The summed E-state index contributed by atoms with van der Waals surface area (Å²) < 4.78 is 0. The lowest BCUT2D eigenvalue weighted by Gasteiger charge is -2.21.